The maximum absolute atomic E-state index is 5.44. The highest BCUT2D eigenvalue weighted by Gasteiger charge is 2.42. The maximum atomic E-state index is 5.44. The number of anilines is 2. The van der Waals surface area contributed by atoms with Crippen LogP contribution < -0.4 is 10.2 Å². The van der Waals surface area contributed by atoms with Crippen molar-refractivity contribution in [1.29, 1.82) is 0 Å². The molecule has 1 aromatic heterocycles. The van der Waals surface area contributed by atoms with Crippen molar-refractivity contribution in [3.63, 3.8) is 0 Å². The van der Waals surface area contributed by atoms with Crippen LogP contribution in [0.1, 0.15) is 51.4 Å². The van der Waals surface area contributed by atoms with Crippen molar-refractivity contribution in [3.05, 3.63) is 12.4 Å². The fourth-order valence-electron chi connectivity index (χ4n) is 4.78. The number of rotatable bonds is 3. The van der Waals surface area contributed by atoms with Crippen LogP contribution in [0.25, 0.3) is 0 Å². The molecule has 1 saturated heterocycles. The third kappa shape index (κ3) is 3.16. The lowest BCUT2D eigenvalue weighted by molar-refractivity contribution is 0.122. The molecule has 0 amide bonds. The summed E-state index contributed by atoms with van der Waals surface area (Å²) >= 11 is 0. The van der Waals surface area contributed by atoms with Gasteiger partial charge < -0.3 is 15.0 Å². The van der Waals surface area contributed by atoms with Crippen LogP contribution in [-0.2, 0) is 4.74 Å². The van der Waals surface area contributed by atoms with Crippen LogP contribution in [-0.4, -0.2) is 42.3 Å². The second-order valence-corrected chi connectivity index (χ2v) is 7.37. The van der Waals surface area contributed by atoms with Gasteiger partial charge in [-0.25, -0.2) is 9.97 Å². The van der Waals surface area contributed by atoms with Crippen molar-refractivity contribution in [1.82, 2.24) is 9.97 Å². The minimum Gasteiger partial charge on any atom is -0.378 e. The van der Waals surface area contributed by atoms with E-state index < -0.39 is 0 Å². The average molecular weight is 316 g/mol. The Hall–Kier alpha value is -1.36. The Labute approximate surface area is 138 Å². The quantitative estimate of drug-likeness (QED) is 0.928. The minimum atomic E-state index is 0.530. The summed E-state index contributed by atoms with van der Waals surface area (Å²) in [5.74, 6) is 2.03. The van der Waals surface area contributed by atoms with E-state index in [1.807, 2.05) is 0 Å². The SMILES string of the molecule is c1nc(NC2CCCCC23CCCC3)cc(N2CCOCC2)n1. The van der Waals surface area contributed by atoms with Crippen LogP contribution in [0.2, 0.25) is 0 Å². The first kappa shape index (κ1) is 15.2. The number of morpholine rings is 1. The molecule has 23 heavy (non-hydrogen) atoms. The highest BCUT2D eigenvalue weighted by Crippen LogP contribution is 2.49. The molecule has 3 fully saturated rings. The smallest absolute Gasteiger partial charge is 0.134 e. The highest BCUT2D eigenvalue weighted by atomic mass is 16.5. The van der Waals surface area contributed by atoms with Crippen LogP contribution in [0.4, 0.5) is 11.6 Å². The van der Waals surface area contributed by atoms with E-state index in [-0.39, 0.29) is 0 Å². The Kier molecular flexibility index (Phi) is 4.38. The first-order chi connectivity index (χ1) is 11.4. The van der Waals surface area contributed by atoms with E-state index in [4.69, 9.17) is 4.74 Å². The number of aromatic nitrogens is 2. The Morgan fingerprint density at radius 1 is 1.04 bits per heavy atom. The molecule has 3 aliphatic rings. The molecule has 5 heteroatoms. The van der Waals surface area contributed by atoms with Crippen molar-refractivity contribution < 1.29 is 4.74 Å². The molecule has 1 atom stereocenters. The topological polar surface area (TPSA) is 50.3 Å². The minimum absolute atomic E-state index is 0.530. The molecule has 126 valence electrons. The normalized spacial score (nSPS) is 27.3. The van der Waals surface area contributed by atoms with Gasteiger partial charge in [0, 0.05) is 25.2 Å². The number of nitrogens with zero attached hydrogens (tertiary/aromatic N) is 3. The van der Waals surface area contributed by atoms with Gasteiger partial charge in [-0.15, -0.1) is 0 Å². The van der Waals surface area contributed by atoms with Gasteiger partial charge in [0.15, 0.2) is 0 Å². The molecule has 1 aromatic rings. The van der Waals surface area contributed by atoms with Gasteiger partial charge in [-0.3, -0.25) is 0 Å². The second kappa shape index (κ2) is 6.63. The van der Waals surface area contributed by atoms with Crippen molar-refractivity contribution in [2.24, 2.45) is 5.41 Å². The molecule has 4 rings (SSSR count). The van der Waals surface area contributed by atoms with Crippen LogP contribution in [0.3, 0.4) is 0 Å². The first-order valence-electron chi connectivity index (χ1n) is 9.27. The summed E-state index contributed by atoms with van der Waals surface area (Å²) in [6.45, 7) is 3.42. The molecule has 0 aromatic carbocycles. The largest absolute Gasteiger partial charge is 0.378 e. The Bertz CT molecular complexity index is 524. The zero-order chi connectivity index (χ0) is 15.5. The second-order valence-electron chi connectivity index (χ2n) is 7.37. The molecular formula is C18H28N4O. The molecule has 1 unspecified atom stereocenters. The van der Waals surface area contributed by atoms with Gasteiger partial charge in [0.2, 0.25) is 0 Å². The van der Waals surface area contributed by atoms with Crippen LogP contribution in [0.15, 0.2) is 12.4 Å². The number of hydrogen-bond acceptors (Lipinski definition) is 5. The predicted molar refractivity (Wildman–Crippen MR) is 91.8 cm³/mol. The van der Waals surface area contributed by atoms with Crippen molar-refractivity contribution in [2.45, 2.75) is 57.4 Å². The van der Waals surface area contributed by atoms with E-state index in [1.165, 1.54) is 51.4 Å². The van der Waals surface area contributed by atoms with Gasteiger partial charge >= 0.3 is 0 Å². The molecule has 1 N–H and O–H groups in total. The highest BCUT2D eigenvalue weighted by molar-refractivity contribution is 5.49. The summed E-state index contributed by atoms with van der Waals surface area (Å²) in [5.41, 5.74) is 0.530. The van der Waals surface area contributed by atoms with Crippen LogP contribution in [0.5, 0.6) is 0 Å². The molecule has 2 saturated carbocycles. The molecule has 2 aliphatic carbocycles. The van der Waals surface area contributed by atoms with Gasteiger partial charge in [-0.2, -0.15) is 0 Å². The lowest BCUT2D eigenvalue weighted by Gasteiger charge is -2.42. The molecular weight excluding hydrogens is 288 g/mol. The Morgan fingerprint density at radius 3 is 2.57 bits per heavy atom. The predicted octanol–water partition coefficient (Wildman–Crippen LogP) is 3.23. The summed E-state index contributed by atoms with van der Waals surface area (Å²) in [4.78, 5) is 11.3. The van der Waals surface area contributed by atoms with Gasteiger partial charge in [0.1, 0.15) is 18.0 Å². The van der Waals surface area contributed by atoms with Gasteiger partial charge in [0.25, 0.3) is 0 Å². The van der Waals surface area contributed by atoms with Crippen LogP contribution >= 0.6 is 0 Å². The molecule has 5 nitrogen and oxygen atoms in total. The van der Waals surface area contributed by atoms with Crippen molar-refractivity contribution in [3.8, 4) is 0 Å². The van der Waals surface area contributed by atoms with E-state index in [1.54, 1.807) is 6.33 Å². The summed E-state index contributed by atoms with van der Waals surface area (Å²) in [5, 5.41) is 3.78. The Balaban J connectivity index is 1.49. The zero-order valence-electron chi connectivity index (χ0n) is 14.0. The van der Waals surface area contributed by atoms with Crippen molar-refractivity contribution >= 4 is 11.6 Å². The third-order valence-corrected chi connectivity index (χ3v) is 6.07. The van der Waals surface area contributed by atoms with Gasteiger partial charge in [-0.05, 0) is 31.1 Å². The summed E-state index contributed by atoms with van der Waals surface area (Å²) in [6.07, 6.45) is 12.7. The lowest BCUT2D eigenvalue weighted by Crippen LogP contribution is -2.41. The first-order valence-corrected chi connectivity index (χ1v) is 9.27. The Morgan fingerprint density at radius 2 is 1.78 bits per heavy atom. The number of hydrogen-bond donors (Lipinski definition) is 1. The number of nitrogens with one attached hydrogen (secondary N) is 1. The standard InChI is InChI=1S/C18H28N4O/c1-2-6-18(7-3-4-8-18)15(5-1)21-16-13-17(20-14-19-16)22-9-11-23-12-10-22/h13-15H,1-12H2,(H,19,20,21). The van der Waals surface area contributed by atoms with E-state index in [0.29, 0.717) is 11.5 Å². The molecule has 2 heterocycles. The summed E-state index contributed by atoms with van der Waals surface area (Å²) < 4.78 is 5.44. The monoisotopic (exact) mass is 316 g/mol. The van der Waals surface area contributed by atoms with E-state index in [9.17, 15) is 0 Å². The summed E-state index contributed by atoms with van der Waals surface area (Å²) in [6, 6.07) is 2.72. The summed E-state index contributed by atoms with van der Waals surface area (Å²) in [7, 11) is 0. The fraction of sp³-hybridized carbons (Fsp3) is 0.778. The number of ether oxygens (including phenoxy) is 1. The van der Waals surface area contributed by atoms with Crippen molar-refractivity contribution in [2.75, 3.05) is 36.5 Å². The fourth-order valence-corrected chi connectivity index (χ4v) is 4.78. The average Bonchev–Trinajstić information content (AvgIpc) is 3.07. The van der Waals surface area contributed by atoms with Gasteiger partial charge in [-0.1, -0.05) is 25.7 Å². The molecule has 0 bridgehead atoms. The van der Waals surface area contributed by atoms with E-state index in [2.05, 4.69) is 26.3 Å². The third-order valence-electron chi connectivity index (χ3n) is 6.07. The van der Waals surface area contributed by atoms with E-state index in [0.717, 1.165) is 37.9 Å². The zero-order valence-corrected chi connectivity index (χ0v) is 14.0. The maximum Gasteiger partial charge on any atom is 0.134 e. The molecule has 1 spiro atoms. The van der Waals surface area contributed by atoms with Crippen LogP contribution in [0, 0.1) is 5.41 Å². The molecule has 1 aliphatic heterocycles. The molecule has 0 radical (unpaired) electrons. The lowest BCUT2D eigenvalue weighted by atomic mass is 9.69. The van der Waals surface area contributed by atoms with E-state index >= 15 is 0 Å². The van der Waals surface area contributed by atoms with Gasteiger partial charge in [0.05, 0.1) is 13.2 Å².